The van der Waals surface area contributed by atoms with Crippen molar-refractivity contribution in [3.8, 4) is 0 Å². The molecule has 4 nitrogen and oxygen atoms in total. The van der Waals surface area contributed by atoms with Gasteiger partial charge in [-0.05, 0) is 37.3 Å². The smallest absolute Gasteiger partial charge is 0.191 e. The fourth-order valence-corrected chi connectivity index (χ4v) is 4.42. The van der Waals surface area contributed by atoms with E-state index in [2.05, 4.69) is 27.8 Å². The van der Waals surface area contributed by atoms with Gasteiger partial charge in [-0.1, -0.05) is 49.1 Å². The van der Waals surface area contributed by atoms with Crippen LogP contribution in [0, 0.1) is 0 Å². The van der Waals surface area contributed by atoms with Crippen LogP contribution in [0.5, 0.6) is 0 Å². The molecule has 0 atom stereocenters. The van der Waals surface area contributed by atoms with Crippen molar-refractivity contribution in [2.24, 2.45) is 4.99 Å². The monoisotopic (exact) mass is 491 g/mol. The number of halogens is 2. The van der Waals surface area contributed by atoms with E-state index in [1.54, 1.807) is 0 Å². The van der Waals surface area contributed by atoms with E-state index in [0.717, 1.165) is 43.6 Å². The van der Waals surface area contributed by atoms with Crippen LogP contribution < -0.4 is 10.6 Å². The fraction of sp³-hybridized carbons (Fsp3) is 0.650. The number of nitrogens with one attached hydrogen (secondary N) is 2. The largest absolute Gasteiger partial charge is 0.381 e. The first-order valence-electron chi connectivity index (χ1n) is 9.53. The number of ether oxygens (including phenoxy) is 1. The lowest BCUT2D eigenvalue weighted by atomic mass is 9.74. The normalized spacial score (nSPS) is 20.9. The van der Waals surface area contributed by atoms with E-state index < -0.39 is 0 Å². The van der Waals surface area contributed by atoms with Crippen molar-refractivity contribution in [3.63, 3.8) is 0 Å². The fourth-order valence-electron chi connectivity index (χ4n) is 4.08. The zero-order chi connectivity index (χ0) is 17.5. The van der Waals surface area contributed by atoms with E-state index in [1.165, 1.54) is 37.7 Å². The summed E-state index contributed by atoms with van der Waals surface area (Å²) < 4.78 is 5.62. The first-order valence-corrected chi connectivity index (χ1v) is 9.91. The van der Waals surface area contributed by atoms with Gasteiger partial charge in [-0.25, -0.2) is 0 Å². The van der Waals surface area contributed by atoms with Gasteiger partial charge >= 0.3 is 0 Å². The minimum Gasteiger partial charge on any atom is -0.381 e. The predicted molar refractivity (Wildman–Crippen MR) is 120 cm³/mol. The Labute approximate surface area is 179 Å². The van der Waals surface area contributed by atoms with E-state index in [-0.39, 0.29) is 29.4 Å². The molecule has 0 unspecified atom stereocenters. The molecule has 1 saturated carbocycles. The number of guanidine groups is 1. The van der Waals surface area contributed by atoms with Crippen LogP contribution in [0.2, 0.25) is 5.02 Å². The first kappa shape index (κ1) is 21.8. The minimum atomic E-state index is 0. The van der Waals surface area contributed by atoms with Gasteiger partial charge in [0.05, 0.1) is 0 Å². The summed E-state index contributed by atoms with van der Waals surface area (Å²) in [7, 11) is 1.85. The number of aliphatic imine (C=N–C) groups is 1. The molecule has 0 radical (unpaired) electrons. The summed E-state index contributed by atoms with van der Waals surface area (Å²) in [6.07, 6.45) is 8.42. The third-order valence-corrected chi connectivity index (χ3v) is 5.99. The molecule has 2 fully saturated rings. The van der Waals surface area contributed by atoms with Crippen molar-refractivity contribution < 1.29 is 4.74 Å². The second kappa shape index (κ2) is 10.7. The Kier molecular flexibility index (Phi) is 8.97. The van der Waals surface area contributed by atoms with Crippen molar-refractivity contribution in [3.05, 3.63) is 34.9 Å². The lowest BCUT2D eigenvalue weighted by Crippen LogP contribution is -2.50. The van der Waals surface area contributed by atoms with E-state index >= 15 is 0 Å². The highest BCUT2D eigenvalue weighted by molar-refractivity contribution is 14.0. The summed E-state index contributed by atoms with van der Waals surface area (Å²) in [5.74, 6) is 0.907. The number of rotatable bonds is 4. The first-order chi connectivity index (χ1) is 12.2. The Balaban J connectivity index is 0.00000243. The SMILES string of the molecule is CN=C(NCC1(c2ccccc2Cl)CCOCC1)NC1CCCCC1.I. The number of nitrogens with zero attached hydrogens (tertiary/aromatic N) is 1. The van der Waals surface area contributed by atoms with Crippen LogP contribution in [-0.4, -0.2) is 38.8 Å². The highest BCUT2D eigenvalue weighted by Crippen LogP contribution is 2.38. The number of hydrogen-bond donors (Lipinski definition) is 2. The van der Waals surface area contributed by atoms with Crippen LogP contribution in [-0.2, 0) is 10.2 Å². The van der Waals surface area contributed by atoms with Gasteiger partial charge in [0, 0.05) is 43.3 Å². The Bertz CT molecular complexity index is 584. The van der Waals surface area contributed by atoms with Crippen molar-refractivity contribution in [2.45, 2.75) is 56.4 Å². The molecule has 1 aliphatic heterocycles. The number of hydrogen-bond acceptors (Lipinski definition) is 2. The average Bonchev–Trinajstić information content (AvgIpc) is 2.67. The van der Waals surface area contributed by atoms with Gasteiger partial charge in [0.15, 0.2) is 5.96 Å². The van der Waals surface area contributed by atoms with Crippen LogP contribution in [0.3, 0.4) is 0 Å². The van der Waals surface area contributed by atoms with Gasteiger partial charge in [0.25, 0.3) is 0 Å². The molecular weight excluding hydrogens is 461 g/mol. The van der Waals surface area contributed by atoms with Crippen LogP contribution >= 0.6 is 35.6 Å². The van der Waals surface area contributed by atoms with Crippen LogP contribution in [0.4, 0.5) is 0 Å². The van der Waals surface area contributed by atoms with E-state index in [4.69, 9.17) is 16.3 Å². The minimum absolute atomic E-state index is 0. The number of benzene rings is 1. The molecule has 146 valence electrons. The van der Waals surface area contributed by atoms with Gasteiger partial charge in [-0.2, -0.15) is 0 Å². The molecule has 0 bridgehead atoms. The molecule has 0 spiro atoms. The van der Waals surface area contributed by atoms with Crippen LogP contribution in [0.15, 0.2) is 29.3 Å². The summed E-state index contributed by atoms with van der Waals surface area (Å²) in [5.41, 5.74) is 1.22. The van der Waals surface area contributed by atoms with Gasteiger partial charge in [0.1, 0.15) is 0 Å². The maximum absolute atomic E-state index is 6.54. The van der Waals surface area contributed by atoms with E-state index in [9.17, 15) is 0 Å². The summed E-state index contributed by atoms with van der Waals surface area (Å²) >= 11 is 6.54. The molecule has 2 aliphatic rings. The van der Waals surface area contributed by atoms with E-state index in [0.29, 0.717) is 6.04 Å². The molecule has 1 heterocycles. The maximum atomic E-state index is 6.54. The Morgan fingerprint density at radius 1 is 1.19 bits per heavy atom. The average molecular weight is 492 g/mol. The Morgan fingerprint density at radius 3 is 2.54 bits per heavy atom. The quantitative estimate of drug-likeness (QED) is 0.370. The van der Waals surface area contributed by atoms with Crippen molar-refractivity contribution in [1.82, 2.24) is 10.6 Å². The highest BCUT2D eigenvalue weighted by Gasteiger charge is 2.36. The standard InChI is InChI=1S/C20H30ClN3O.HI/c1-22-19(24-16-7-3-2-4-8-16)23-15-20(11-13-25-14-12-20)17-9-5-6-10-18(17)21;/h5-6,9-10,16H,2-4,7-8,11-15H2,1H3,(H2,22,23,24);1H. The second-order valence-corrected chi connectivity index (χ2v) is 7.68. The highest BCUT2D eigenvalue weighted by atomic mass is 127. The summed E-state index contributed by atoms with van der Waals surface area (Å²) in [4.78, 5) is 4.44. The third kappa shape index (κ3) is 5.49. The summed E-state index contributed by atoms with van der Waals surface area (Å²) in [5, 5.41) is 8.03. The molecular formula is C20H31ClIN3O. The lowest BCUT2D eigenvalue weighted by molar-refractivity contribution is 0.0514. The Hall–Kier alpha value is -0.530. The zero-order valence-corrected chi connectivity index (χ0v) is 18.7. The predicted octanol–water partition coefficient (Wildman–Crippen LogP) is 4.50. The molecule has 0 amide bonds. The Morgan fingerprint density at radius 2 is 1.88 bits per heavy atom. The molecule has 1 aliphatic carbocycles. The van der Waals surface area contributed by atoms with Crippen LogP contribution in [0.1, 0.15) is 50.5 Å². The molecule has 1 saturated heterocycles. The third-order valence-electron chi connectivity index (χ3n) is 5.66. The molecule has 3 rings (SSSR count). The van der Waals surface area contributed by atoms with Crippen molar-refractivity contribution >= 4 is 41.5 Å². The molecule has 0 aromatic heterocycles. The molecule has 1 aromatic carbocycles. The van der Waals surface area contributed by atoms with Crippen molar-refractivity contribution in [2.75, 3.05) is 26.8 Å². The second-order valence-electron chi connectivity index (χ2n) is 7.28. The summed E-state index contributed by atoms with van der Waals surface area (Å²) in [6.45, 7) is 2.38. The van der Waals surface area contributed by atoms with Crippen LogP contribution in [0.25, 0.3) is 0 Å². The molecule has 2 N–H and O–H groups in total. The van der Waals surface area contributed by atoms with Gasteiger partial charge in [-0.15, -0.1) is 24.0 Å². The van der Waals surface area contributed by atoms with Gasteiger partial charge in [-0.3, -0.25) is 4.99 Å². The maximum Gasteiger partial charge on any atom is 0.191 e. The van der Waals surface area contributed by atoms with Gasteiger partial charge < -0.3 is 15.4 Å². The molecule has 6 heteroatoms. The van der Waals surface area contributed by atoms with Gasteiger partial charge in [0.2, 0.25) is 0 Å². The zero-order valence-electron chi connectivity index (χ0n) is 15.6. The van der Waals surface area contributed by atoms with E-state index in [1.807, 2.05) is 19.2 Å². The molecule has 1 aromatic rings. The topological polar surface area (TPSA) is 45.7 Å². The summed E-state index contributed by atoms with van der Waals surface area (Å²) in [6, 6.07) is 8.77. The molecule has 26 heavy (non-hydrogen) atoms. The lowest BCUT2D eigenvalue weighted by Gasteiger charge is -2.39. The van der Waals surface area contributed by atoms with Crippen molar-refractivity contribution in [1.29, 1.82) is 0 Å².